The van der Waals surface area contributed by atoms with Crippen molar-refractivity contribution in [1.29, 1.82) is 0 Å². The lowest BCUT2D eigenvalue weighted by Crippen LogP contribution is -2.61. The number of ether oxygens (including phenoxy) is 1. The van der Waals surface area contributed by atoms with Crippen LogP contribution in [0, 0.1) is 5.92 Å². The number of carbonyl (C=O) groups excluding carboxylic acids is 1. The van der Waals surface area contributed by atoms with Crippen molar-refractivity contribution in [3.05, 3.63) is 59.7 Å². The molecule has 2 saturated heterocycles. The minimum atomic E-state index is -4.41. The monoisotopic (exact) mass is 516 g/mol. The average Bonchev–Trinajstić information content (AvgIpc) is 3.41. The zero-order valence-corrected chi connectivity index (χ0v) is 21.1. The molecule has 37 heavy (non-hydrogen) atoms. The van der Waals surface area contributed by atoms with Gasteiger partial charge in [-0.05, 0) is 68.2 Å². The summed E-state index contributed by atoms with van der Waals surface area (Å²) in [7, 11) is 0. The lowest BCUT2D eigenvalue weighted by molar-refractivity contribution is -0.137. The van der Waals surface area contributed by atoms with Crippen molar-refractivity contribution in [3.8, 4) is 5.75 Å². The summed E-state index contributed by atoms with van der Waals surface area (Å²) in [5.74, 6) is 0.343. The van der Waals surface area contributed by atoms with Gasteiger partial charge < -0.3 is 19.9 Å². The van der Waals surface area contributed by atoms with E-state index >= 15 is 0 Å². The largest absolute Gasteiger partial charge is 0.492 e. The Hall–Kier alpha value is -2.78. The van der Waals surface area contributed by atoms with Crippen molar-refractivity contribution in [2.75, 3.05) is 63.9 Å². The van der Waals surface area contributed by atoms with Crippen LogP contribution in [0.4, 0.5) is 18.9 Å². The van der Waals surface area contributed by atoms with Crippen LogP contribution in [0.2, 0.25) is 0 Å². The molecule has 9 heteroatoms. The number of amides is 1. The van der Waals surface area contributed by atoms with Crippen molar-refractivity contribution in [2.24, 2.45) is 5.92 Å². The predicted octanol–water partition coefficient (Wildman–Crippen LogP) is 3.66. The van der Waals surface area contributed by atoms with Gasteiger partial charge >= 0.3 is 6.18 Å². The van der Waals surface area contributed by atoms with E-state index in [1.807, 2.05) is 30.3 Å². The van der Waals surface area contributed by atoms with E-state index < -0.39 is 17.7 Å². The molecule has 1 N–H and O–H groups in total. The molecule has 0 aromatic heterocycles. The van der Waals surface area contributed by atoms with E-state index in [0.29, 0.717) is 38.2 Å². The van der Waals surface area contributed by atoms with Gasteiger partial charge in [-0.25, -0.2) is 0 Å². The summed E-state index contributed by atoms with van der Waals surface area (Å²) in [6, 6.07) is 13.5. The number of para-hydroxylation sites is 1. The molecule has 6 nitrogen and oxygen atoms in total. The summed E-state index contributed by atoms with van der Waals surface area (Å²) >= 11 is 0. The molecular weight excluding hydrogens is 481 g/mol. The van der Waals surface area contributed by atoms with Crippen molar-refractivity contribution < 1.29 is 22.7 Å². The third-order valence-corrected chi connectivity index (χ3v) is 7.81. The molecule has 0 spiro atoms. The molecular formula is C28H35F3N4O2. The van der Waals surface area contributed by atoms with E-state index in [-0.39, 0.29) is 11.9 Å². The maximum absolute atomic E-state index is 13.4. The first kappa shape index (κ1) is 25.9. The van der Waals surface area contributed by atoms with Crippen LogP contribution in [0.25, 0.3) is 0 Å². The topological polar surface area (TPSA) is 48.1 Å². The number of nitrogens with zero attached hydrogens (tertiary/aromatic N) is 3. The second kappa shape index (κ2) is 11.3. The Balaban J connectivity index is 1.28. The lowest BCUT2D eigenvalue weighted by Gasteiger charge is -2.49. The number of benzene rings is 2. The van der Waals surface area contributed by atoms with E-state index in [1.165, 1.54) is 18.9 Å². The second-order valence-corrected chi connectivity index (χ2v) is 10.2. The normalized spacial score (nSPS) is 22.4. The van der Waals surface area contributed by atoms with E-state index in [1.54, 1.807) is 6.07 Å². The molecule has 2 aromatic rings. The Morgan fingerprint density at radius 3 is 2.51 bits per heavy atom. The Labute approximate surface area is 216 Å². The third kappa shape index (κ3) is 6.21. The number of carbonyl (C=O) groups is 1. The first-order valence-corrected chi connectivity index (χ1v) is 13.3. The number of alkyl halides is 3. The Bertz CT molecular complexity index is 1060. The highest BCUT2D eigenvalue weighted by Gasteiger charge is 2.42. The number of likely N-dealkylation sites (tertiary alicyclic amines) is 1. The zero-order valence-electron chi connectivity index (χ0n) is 21.1. The molecule has 0 bridgehead atoms. The molecule has 2 atom stereocenters. The Morgan fingerprint density at radius 2 is 1.76 bits per heavy atom. The fourth-order valence-corrected chi connectivity index (χ4v) is 5.85. The van der Waals surface area contributed by atoms with Gasteiger partial charge in [-0.15, -0.1) is 0 Å². The summed E-state index contributed by atoms with van der Waals surface area (Å²) in [4.78, 5) is 20.2. The number of anilines is 1. The van der Waals surface area contributed by atoms with E-state index in [4.69, 9.17) is 4.74 Å². The molecule has 5 rings (SSSR count). The van der Waals surface area contributed by atoms with E-state index in [9.17, 15) is 18.0 Å². The zero-order chi connectivity index (χ0) is 25.8. The minimum Gasteiger partial charge on any atom is -0.492 e. The third-order valence-electron chi connectivity index (χ3n) is 7.81. The number of piperazine rings is 1. The maximum Gasteiger partial charge on any atom is 0.416 e. The van der Waals surface area contributed by atoms with Gasteiger partial charge in [-0.2, -0.15) is 13.2 Å². The van der Waals surface area contributed by atoms with Crippen molar-refractivity contribution in [2.45, 2.75) is 31.5 Å². The van der Waals surface area contributed by atoms with Crippen LogP contribution in [0.1, 0.15) is 24.0 Å². The summed E-state index contributed by atoms with van der Waals surface area (Å²) in [5, 5.41) is 3.09. The minimum absolute atomic E-state index is 0.0698. The Kier molecular flexibility index (Phi) is 7.90. The molecule has 2 fully saturated rings. The lowest BCUT2D eigenvalue weighted by atomic mass is 9.82. The van der Waals surface area contributed by atoms with Crippen LogP contribution >= 0.6 is 0 Å². The number of nitrogens with one attached hydrogen (secondary N) is 1. The van der Waals surface area contributed by atoms with Gasteiger partial charge in [-0.3, -0.25) is 9.69 Å². The van der Waals surface area contributed by atoms with Gasteiger partial charge in [0.2, 0.25) is 5.91 Å². The fraction of sp³-hybridized carbons (Fsp3) is 0.536. The van der Waals surface area contributed by atoms with Gasteiger partial charge in [0, 0.05) is 45.0 Å². The van der Waals surface area contributed by atoms with Crippen molar-refractivity contribution >= 4 is 11.6 Å². The highest BCUT2D eigenvalue weighted by molar-refractivity contribution is 5.82. The number of rotatable bonds is 8. The van der Waals surface area contributed by atoms with Crippen LogP contribution < -0.4 is 15.0 Å². The molecule has 0 saturated carbocycles. The highest BCUT2D eigenvalue weighted by Crippen LogP contribution is 2.39. The number of halogens is 3. The second-order valence-electron chi connectivity index (χ2n) is 10.2. The molecule has 3 heterocycles. The van der Waals surface area contributed by atoms with Crippen LogP contribution in [-0.2, 0) is 17.4 Å². The van der Waals surface area contributed by atoms with Crippen molar-refractivity contribution in [1.82, 2.24) is 15.1 Å². The van der Waals surface area contributed by atoms with Crippen molar-refractivity contribution in [3.63, 3.8) is 0 Å². The van der Waals surface area contributed by atoms with Crippen LogP contribution in [0.5, 0.6) is 5.75 Å². The summed E-state index contributed by atoms with van der Waals surface area (Å²) < 4.78 is 46.2. The summed E-state index contributed by atoms with van der Waals surface area (Å²) in [6.07, 6.45) is -1.72. The van der Waals surface area contributed by atoms with Gasteiger partial charge in [0.25, 0.3) is 0 Å². The molecule has 2 unspecified atom stereocenters. The maximum atomic E-state index is 13.4. The van der Waals surface area contributed by atoms with Crippen LogP contribution in [-0.4, -0.2) is 80.7 Å². The molecule has 0 radical (unpaired) electrons. The summed E-state index contributed by atoms with van der Waals surface area (Å²) in [6.45, 7) is 6.84. The predicted molar refractivity (Wildman–Crippen MR) is 137 cm³/mol. The first-order valence-electron chi connectivity index (χ1n) is 13.3. The smallest absolute Gasteiger partial charge is 0.416 e. The van der Waals surface area contributed by atoms with Gasteiger partial charge in [0.1, 0.15) is 12.4 Å². The first-order chi connectivity index (χ1) is 17.9. The van der Waals surface area contributed by atoms with Crippen LogP contribution in [0.3, 0.4) is 0 Å². The molecule has 200 valence electrons. The van der Waals surface area contributed by atoms with E-state index in [0.717, 1.165) is 50.2 Å². The number of fused-ring (bicyclic) bond motifs is 3. The average molecular weight is 517 g/mol. The SMILES string of the molecule is O=C(NCCN1CCCC1)C1Cc2cc(C(F)(F)F)ccc2N2CCN(CCOc3ccccc3)CC12. The number of hydrogen-bond acceptors (Lipinski definition) is 5. The van der Waals surface area contributed by atoms with Gasteiger partial charge in [-0.1, -0.05) is 18.2 Å². The fourth-order valence-electron chi connectivity index (χ4n) is 5.85. The van der Waals surface area contributed by atoms with Crippen LogP contribution in [0.15, 0.2) is 48.5 Å². The Morgan fingerprint density at radius 1 is 0.973 bits per heavy atom. The molecule has 2 aromatic carbocycles. The standard InChI is InChI=1S/C28H35F3N4O2/c29-28(30,31)22-8-9-25-21(18-22)19-24(27(36)32-10-13-33-11-4-5-12-33)26-20-34(14-15-35(25)26)16-17-37-23-6-2-1-3-7-23/h1-3,6-9,18,24,26H,4-5,10-17,19-20H2,(H,32,36). The molecule has 3 aliphatic rings. The van der Waals surface area contributed by atoms with E-state index in [2.05, 4.69) is 20.0 Å². The molecule has 0 aliphatic carbocycles. The number of hydrogen-bond donors (Lipinski definition) is 1. The molecule has 1 amide bonds. The highest BCUT2D eigenvalue weighted by atomic mass is 19.4. The molecule has 3 aliphatic heterocycles. The quantitative estimate of drug-likeness (QED) is 0.581. The van der Waals surface area contributed by atoms with Gasteiger partial charge in [0.05, 0.1) is 17.5 Å². The van der Waals surface area contributed by atoms with Gasteiger partial charge in [0.15, 0.2) is 0 Å². The summed E-state index contributed by atoms with van der Waals surface area (Å²) in [5.41, 5.74) is 0.764.